The van der Waals surface area contributed by atoms with Crippen LogP contribution in [0.3, 0.4) is 0 Å². The first-order chi connectivity index (χ1) is 14.7. The van der Waals surface area contributed by atoms with Gasteiger partial charge in [0, 0.05) is 11.0 Å². The standard InChI is InChI=1S/C20H17N3O7S/c24-15-9-8-11-4-1-2-5-12(11)19(15)21-22-20-13-6-3-7-14(23(26)27)18(13)17(10-16(20)25)31(28,29)30/h1-3,7-10,14,24-25H,4-6H2,(H,28,29,30). The number of fused-ring (bicyclic) bond motifs is 2. The third kappa shape index (κ3) is 3.68. The molecular weight excluding hydrogens is 426 g/mol. The number of nitro groups is 1. The first-order valence-electron chi connectivity index (χ1n) is 9.25. The summed E-state index contributed by atoms with van der Waals surface area (Å²) in [5.41, 5.74) is 1.54. The average Bonchev–Trinajstić information content (AvgIpc) is 2.72. The molecule has 0 aliphatic heterocycles. The quantitative estimate of drug-likeness (QED) is 0.212. The molecule has 0 aromatic heterocycles. The number of rotatable bonds is 4. The van der Waals surface area contributed by atoms with Gasteiger partial charge in [0.1, 0.15) is 27.8 Å². The molecule has 0 saturated carbocycles. The van der Waals surface area contributed by atoms with E-state index in [2.05, 4.69) is 10.2 Å². The Morgan fingerprint density at radius 2 is 1.61 bits per heavy atom. The van der Waals surface area contributed by atoms with Crippen molar-refractivity contribution in [3.8, 4) is 11.5 Å². The lowest BCUT2D eigenvalue weighted by Gasteiger charge is -2.20. The maximum Gasteiger partial charge on any atom is 0.295 e. The lowest BCUT2D eigenvalue weighted by Crippen LogP contribution is -2.18. The minimum atomic E-state index is -4.85. The van der Waals surface area contributed by atoms with Crippen molar-refractivity contribution in [2.75, 3.05) is 0 Å². The van der Waals surface area contributed by atoms with E-state index in [1.807, 2.05) is 12.2 Å². The number of allylic oxidation sites excluding steroid dienone is 3. The van der Waals surface area contributed by atoms with Crippen molar-refractivity contribution in [3.63, 3.8) is 0 Å². The molecule has 31 heavy (non-hydrogen) atoms. The Hall–Kier alpha value is -3.57. The summed E-state index contributed by atoms with van der Waals surface area (Å²) >= 11 is 0. The zero-order valence-corrected chi connectivity index (χ0v) is 16.8. The molecule has 2 aliphatic rings. The zero-order chi connectivity index (χ0) is 22.3. The zero-order valence-electron chi connectivity index (χ0n) is 16.0. The van der Waals surface area contributed by atoms with Crippen LogP contribution in [0.1, 0.15) is 28.3 Å². The second kappa shape index (κ2) is 7.60. The number of phenolic OH excluding ortho intramolecular Hbond substituents is 2. The lowest BCUT2D eigenvalue weighted by molar-refractivity contribution is -0.516. The topological polar surface area (TPSA) is 163 Å². The van der Waals surface area contributed by atoms with Crippen LogP contribution in [0.25, 0.3) is 0 Å². The van der Waals surface area contributed by atoms with Gasteiger partial charge in [-0.2, -0.15) is 8.42 Å². The number of hydrogen-bond donors (Lipinski definition) is 3. The van der Waals surface area contributed by atoms with Crippen LogP contribution in [0.2, 0.25) is 0 Å². The Labute approximate surface area is 176 Å². The largest absolute Gasteiger partial charge is 0.506 e. The SMILES string of the molecule is O=[N+]([O-])C1C=CCc2c(N=Nc3c(O)ccc4c3CC=CC4)c(O)cc(S(=O)(=O)O)c21. The number of nitrogens with zero attached hydrogens (tertiary/aromatic N) is 3. The van der Waals surface area contributed by atoms with E-state index < -0.39 is 31.7 Å². The second-order valence-corrected chi connectivity index (χ2v) is 8.51. The minimum Gasteiger partial charge on any atom is -0.506 e. The van der Waals surface area contributed by atoms with Crippen LogP contribution in [0.15, 0.2) is 57.6 Å². The molecule has 0 saturated heterocycles. The van der Waals surface area contributed by atoms with Crippen molar-refractivity contribution in [2.24, 2.45) is 10.2 Å². The fourth-order valence-electron chi connectivity index (χ4n) is 3.85. The summed E-state index contributed by atoms with van der Waals surface area (Å²) in [6, 6.07) is 2.44. The molecule has 1 atom stereocenters. The Morgan fingerprint density at radius 1 is 0.968 bits per heavy atom. The Morgan fingerprint density at radius 3 is 2.29 bits per heavy atom. The molecule has 0 fully saturated rings. The number of benzene rings is 2. The highest BCUT2D eigenvalue weighted by Gasteiger charge is 2.35. The molecule has 0 amide bonds. The molecular formula is C20H17N3O7S. The van der Waals surface area contributed by atoms with Crippen LogP contribution in [-0.4, -0.2) is 28.1 Å². The van der Waals surface area contributed by atoms with Crippen molar-refractivity contribution in [1.29, 1.82) is 0 Å². The van der Waals surface area contributed by atoms with E-state index in [-0.39, 0.29) is 34.7 Å². The second-order valence-electron chi connectivity index (χ2n) is 7.12. The van der Waals surface area contributed by atoms with E-state index in [9.17, 15) is 33.3 Å². The minimum absolute atomic E-state index is 0.0343. The summed E-state index contributed by atoms with van der Waals surface area (Å²) in [6.45, 7) is 0. The normalized spacial score (nSPS) is 17.5. The van der Waals surface area contributed by atoms with Crippen molar-refractivity contribution < 1.29 is 28.1 Å². The smallest absolute Gasteiger partial charge is 0.295 e. The number of phenols is 2. The molecule has 2 aliphatic carbocycles. The maximum atomic E-state index is 11.8. The van der Waals surface area contributed by atoms with Gasteiger partial charge in [0.05, 0.1) is 5.56 Å². The average molecular weight is 443 g/mol. The molecule has 160 valence electrons. The van der Waals surface area contributed by atoms with Gasteiger partial charge in [-0.05, 0) is 48.1 Å². The molecule has 4 rings (SSSR count). The Bertz CT molecular complexity index is 1300. The summed E-state index contributed by atoms with van der Waals surface area (Å²) in [5, 5.41) is 40.3. The molecule has 2 aromatic carbocycles. The van der Waals surface area contributed by atoms with Crippen LogP contribution in [-0.2, 0) is 29.4 Å². The van der Waals surface area contributed by atoms with Crippen LogP contribution >= 0.6 is 0 Å². The van der Waals surface area contributed by atoms with Crippen molar-refractivity contribution >= 4 is 21.5 Å². The summed E-state index contributed by atoms with van der Waals surface area (Å²) < 4.78 is 33.2. The van der Waals surface area contributed by atoms with E-state index >= 15 is 0 Å². The maximum absolute atomic E-state index is 11.8. The van der Waals surface area contributed by atoms with Gasteiger partial charge in [-0.25, -0.2) is 0 Å². The van der Waals surface area contributed by atoms with Crippen molar-refractivity contribution in [1.82, 2.24) is 0 Å². The summed E-state index contributed by atoms with van der Waals surface area (Å²) in [6.07, 6.45) is 7.79. The molecule has 0 spiro atoms. The van der Waals surface area contributed by atoms with E-state index in [1.165, 1.54) is 18.2 Å². The molecule has 10 nitrogen and oxygen atoms in total. The van der Waals surface area contributed by atoms with E-state index in [4.69, 9.17) is 0 Å². The van der Waals surface area contributed by atoms with Crippen LogP contribution in [0.4, 0.5) is 11.4 Å². The molecule has 0 radical (unpaired) electrons. The monoisotopic (exact) mass is 443 g/mol. The van der Waals surface area contributed by atoms with E-state index in [1.54, 1.807) is 6.07 Å². The Kier molecular flexibility index (Phi) is 5.07. The van der Waals surface area contributed by atoms with Crippen LogP contribution < -0.4 is 0 Å². The van der Waals surface area contributed by atoms with Crippen LogP contribution in [0, 0.1) is 10.1 Å². The lowest BCUT2D eigenvalue weighted by atomic mass is 9.91. The molecule has 3 N–H and O–H groups in total. The van der Waals surface area contributed by atoms with Gasteiger partial charge >= 0.3 is 0 Å². The fraction of sp³-hybridized carbons (Fsp3) is 0.200. The fourth-order valence-corrected chi connectivity index (χ4v) is 4.63. The summed E-state index contributed by atoms with van der Waals surface area (Å²) in [5.74, 6) is -0.736. The molecule has 0 bridgehead atoms. The predicted molar refractivity (Wildman–Crippen MR) is 109 cm³/mol. The van der Waals surface area contributed by atoms with E-state index in [0.29, 0.717) is 12.8 Å². The number of aromatic hydroxyl groups is 2. The third-order valence-corrected chi connectivity index (χ3v) is 6.16. The molecule has 11 heteroatoms. The number of azo groups is 1. The number of hydrogen-bond acceptors (Lipinski definition) is 8. The molecule has 0 heterocycles. The van der Waals surface area contributed by atoms with Gasteiger partial charge in [-0.1, -0.05) is 24.3 Å². The highest BCUT2D eigenvalue weighted by molar-refractivity contribution is 7.85. The summed E-state index contributed by atoms with van der Waals surface area (Å²) in [4.78, 5) is 10.0. The van der Waals surface area contributed by atoms with Gasteiger partial charge < -0.3 is 10.2 Å². The van der Waals surface area contributed by atoms with Gasteiger partial charge in [-0.15, -0.1) is 10.2 Å². The summed E-state index contributed by atoms with van der Waals surface area (Å²) in [7, 11) is -4.85. The predicted octanol–water partition coefficient (Wildman–Crippen LogP) is 3.84. The van der Waals surface area contributed by atoms with Gasteiger partial charge in [0.15, 0.2) is 0 Å². The van der Waals surface area contributed by atoms with Gasteiger partial charge in [0.25, 0.3) is 16.2 Å². The van der Waals surface area contributed by atoms with Crippen molar-refractivity contribution in [3.05, 3.63) is 74.9 Å². The first-order valence-corrected chi connectivity index (χ1v) is 10.7. The van der Waals surface area contributed by atoms with Crippen LogP contribution in [0.5, 0.6) is 11.5 Å². The highest BCUT2D eigenvalue weighted by atomic mass is 32.2. The van der Waals surface area contributed by atoms with Gasteiger partial charge in [0.2, 0.25) is 0 Å². The highest BCUT2D eigenvalue weighted by Crippen LogP contribution is 2.45. The molecule has 2 aromatic rings. The third-order valence-electron chi connectivity index (χ3n) is 5.26. The van der Waals surface area contributed by atoms with E-state index in [0.717, 1.165) is 17.2 Å². The van der Waals surface area contributed by atoms with Crippen molar-refractivity contribution in [2.45, 2.75) is 30.2 Å². The molecule has 1 unspecified atom stereocenters. The Balaban J connectivity index is 1.91. The van der Waals surface area contributed by atoms with Gasteiger partial charge in [-0.3, -0.25) is 14.7 Å². The first kappa shape index (κ1) is 20.7.